The molecule has 0 aliphatic carbocycles. The Kier molecular flexibility index (Phi) is 2.83. The number of nitrogens with one attached hydrogen (secondary N) is 1. The van der Waals surface area contributed by atoms with Gasteiger partial charge in [-0.05, 0) is 18.2 Å². The van der Waals surface area contributed by atoms with Gasteiger partial charge < -0.3 is 4.74 Å². The van der Waals surface area contributed by atoms with Crippen LogP contribution in [0.3, 0.4) is 0 Å². The van der Waals surface area contributed by atoms with Gasteiger partial charge in [0.1, 0.15) is 5.75 Å². The smallest absolute Gasteiger partial charge is 0.234 e. The molecule has 0 radical (unpaired) electrons. The molecule has 0 bridgehead atoms. The fourth-order valence-electron chi connectivity index (χ4n) is 1.78. The number of imide groups is 1. The molecule has 2 rings (SSSR count). The molecule has 84 valence electrons. The van der Waals surface area contributed by atoms with Gasteiger partial charge in [0, 0.05) is 17.0 Å². The van der Waals surface area contributed by atoms with E-state index in [-0.39, 0.29) is 18.2 Å². The molecule has 1 aromatic carbocycles. The molecular formula is C11H10ClNO3. The molecule has 1 N–H and O–H groups in total. The average molecular weight is 240 g/mol. The Hall–Kier alpha value is -1.55. The molecule has 5 heteroatoms. The van der Waals surface area contributed by atoms with Gasteiger partial charge in [0.25, 0.3) is 0 Å². The van der Waals surface area contributed by atoms with Crippen LogP contribution in [-0.2, 0) is 9.59 Å². The quantitative estimate of drug-likeness (QED) is 0.796. The second-order valence-electron chi connectivity index (χ2n) is 3.56. The standard InChI is InChI=1S/C11H10ClNO3/c1-16-9-3-2-6(12)4-7(9)8-5-10(14)13-11(8)15/h2-4,8H,5H2,1H3,(H,13,14,15). The number of halogens is 1. The van der Waals surface area contributed by atoms with Crippen LogP contribution in [0.2, 0.25) is 5.02 Å². The van der Waals surface area contributed by atoms with E-state index in [0.29, 0.717) is 16.3 Å². The summed E-state index contributed by atoms with van der Waals surface area (Å²) in [7, 11) is 1.52. The third-order valence-corrected chi connectivity index (χ3v) is 2.77. The molecule has 1 aliphatic heterocycles. The van der Waals surface area contributed by atoms with Crippen LogP contribution in [0.5, 0.6) is 5.75 Å². The zero-order valence-corrected chi connectivity index (χ0v) is 9.38. The van der Waals surface area contributed by atoms with Gasteiger partial charge in [-0.1, -0.05) is 11.6 Å². The first kappa shape index (κ1) is 11.0. The Morgan fingerprint density at radius 1 is 1.44 bits per heavy atom. The number of rotatable bonds is 2. The van der Waals surface area contributed by atoms with Crippen molar-refractivity contribution in [3.8, 4) is 5.75 Å². The third kappa shape index (κ3) is 1.88. The Morgan fingerprint density at radius 3 is 2.75 bits per heavy atom. The second-order valence-corrected chi connectivity index (χ2v) is 3.99. The van der Waals surface area contributed by atoms with E-state index in [1.54, 1.807) is 18.2 Å². The molecule has 0 spiro atoms. The average Bonchev–Trinajstić information content (AvgIpc) is 2.57. The van der Waals surface area contributed by atoms with Crippen molar-refractivity contribution in [2.45, 2.75) is 12.3 Å². The fourth-order valence-corrected chi connectivity index (χ4v) is 1.96. The number of benzene rings is 1. The SMILES string of the molecule is COc1ccc(Cl)cc1C1CC(=O)NC1=O. The van der Waals surface area contributed by atoms with Gasteiger partial charge in [-0.15, -0.1) is 0 Å². The number of carbonyl (C=O) groups excluding carboxylic acids is 2. The van der Waals surface area contributed by atoms with E-state index >= 15 is 0 Å². The van der Waals surface area contributed by atoms with E-state index in [9.17, 15) is 9.59 Å². The molecule has 16 heavy (non-hydrogen) atoms. The summed E-state index contributed by atoms with van der Waals surface area (Å²) in [5.74, 6) is -0.497. The number of amides is 2. The highest BCUT2D eigenvalue weighted by Crippen LogP contribution is 2.33. The second kappa shape index (κ2) is 4.14. The topological polar surface area (TPSA) is 55.4 Å². The summed E-state index contributed by atoms with van der Waals surface area (Å²) in [6.45, 7) is 0. The van der Waals surface area contributed by atoms with Crippen molar-refractivity contribution in [1.82, 2.24) is 5.32 Å². The monoisotopic (exact) mass is 239 g/mol. The number of hydrogen-bond acceptors (Lipinski definition) is 3. The number of hydrogen-bond donors (Lipinski definition) is 1. The first-order chi connectivity index (χ1) is 7.61. The van der Waals surface area contributed by atoms with Crippen molar-refractivity contribution < 1.29 is 14.3 Å². The van der Waals surface area contributed by atoms with Crippen LogP contribution in [0, 0.1) is 0 Å². The molecule has 1 fully saturated rings. The van der Waals surface area contributed by atoms with Gasteiger partial charge in [0.2, 0.25) is 11.8 Å². The predicted molar refractivity (Wildman–Crippen MR) is 58.5 cm³/mol. The number of methoxy groups -OCH3 is 1. The Bertz CT molecular complexity index is 459. The largest absolute Gasteiger partial charge is 0.496 e. The van der Waals surface area contributed by atoms with E-state index in [1.807, 2.05) is 0 Å². The van der Waals surface area contributed by atoms with Crippen molar-refractivity contribution in [3.63, 3.8) is 0 Å². The summed E-state index contributed by atoms with van der Waals surface area (Å²) in [6.07, 6.45) is 0.148. The summed E-state index contributed by atoms with van der Waals surface area (Å²) in [6, 6.07) is 5.02. The highest BCUT2D eigenvalue weighted by molar-refractivity contribution is 6.30. The molecular weight excluding hydrogens is 230 g/mol. The molecule has 0 aromatic heterocycles. The zero-order valence-electron chi connectivity index (χ0n) is 8.62. The van der Waals surface area contributed by atoms with Crippen LogP contribution in [0.15, 0.2) is 18.2 Å². The Morgan fingerprint density at radius 2 is 2.19 bits per heavy atom. The van der Waals surface area contributed by atoms with E-state index in [0.717, 1.165) is 0 Å². The lowest BCUT2D eigenvalue weighted by atomic mass is 9.96. The van der Waals surface area contributed by atoms with Gasteiger partial charge in [-0.25, -0.2) is 0 Å². The first-order valence-electron chi connectivity index (χ1n) is 4.79. The third-order valence-electron chi connectivity index (χ3n) is 2.54. The molecule has 1 saturated heterocycles. The lowest BCUT2D eigenvalue weighted by Gasteiger charge is -2.12. The van der Waals surface area contributed by atoms with Crippen molar-refractivity contribution in [2.24, 2.45) is 0 Å². The van der Waals surface area contributed by atoms with Gasteiger partial charge in [0.05, 0.1) is 13.0 Å². The van der Waals surface area contributed by atoms with E-state index < -0.39 is 5.92 Å². The molecule has 1 unspecified atom stereocenters. The summed E-state index contributed by atoms with van der Waals surface area (Å²) in [5.41, 5.74) is 0.651. The molecule has 1 heterocycles. The summed E-state index contributed by atoms with van der Waals surface area (Å²) < 4.78 is 5.15. The number of carbonyl (C=O) groups is 2. The fraction of sp³-hybridized carbons (Fsp3) is 0.273. The van der Waals surface area contributed by atoms with Crippen molar-refractivity contribution in [2.75, 3.05) is 7.11 Å². The minimum absolute atomic E-state index is 0.148. The van der Waals surface area contributed by atoms with Crippen LogP contribution in [0.1, 0.15) is 17.9 Å². The van der Waals surface area contributed by atoms with Crippen LogP contribution >= 0.6 is 11.6 Å². The van der Waals surface area contributed by atoms with E-state index in [1.165, 1.54) is 7.11 Å². The van der Waals surface area contributed by atoms with Gasteiger partial charge in [-0.3, -0.25) is 14.9 Å². The Labute approximate surface area is 97.5 Å². The van der Waals surface area contributed by atoms with Crippen molar-refractivity contribution in [1.29, 1.82) is 0 Å². The molecule has 4 nitrogen and oxygen atoms in total. The molecule has 1 aliphatic rings. The molecule has 0 saturated carbocycles. The van der Waals surface area contributed by atoms with E-state index in [2.05, 4.69) is 5.32 Å². The van der Waals surface area contributed by atoms with Crippen LogP contribution < -0.4 is 10.1 Å². The van der Waals surface area contributed by atoms with Gasteiger partial charge >= 0.3 is 0 Å². The predicted octanol–water partition coefficient (Wildman–Crippen LogP) is 1.48. The first-order valence-corrected chi connectivity index (χ1v) is 5.16. The normalized spacial score (nSPS) is 19.8. The minimum Gasteiger partial charge on any atom is -0.496 e. The highest BCUT2D eigenvalue weighted by atomic mass is 35.5. The molecule has 2 amide bonds. The minimum atomic E-state index is -0.499. The maximum Gasteiger partial charge on any atom is 0.234 e. The maximum atomic E-state index is 11.5. The van der Waals surface area contributed by atoms with Gasteiger partial charge in [0.15, 0.2) is 0 Å². The van der Waals surface area contributed by atoms with Crippen LogP contribution in [0.4, 0.5) is 0 Å². The summed E-state index contributed by atoms with van der Waals surface area (Å²) >= 11 is 5.86. The summed E-state index contributed by atoms with van der Waals surface area (Å²) in [4.78, 5) is 22.7. The maximum absolute atomic E-state index is 11.5. The van der Waals surface area contributed by atoms with Crippen molar-refractivity contribution in [3.05, 3.63) is 28.8 Å². The highest BCUT2D eigenvalue weighted by Gasteiger charge is 2.33. The summed E-state index contributed by atoms with van der Waals surface area (Å²) in [5, 5.41) is 2.78. The van der Waals surface area contributed by atoms with Crippen LogP contribution in [-0.4, -0.2) is 18.9 Å². The lowest BCUT2D eigenvalue weighted by Crippen LogP contribution is -2.21. The lowest BCUT2D eigenvalue weighted by molar-refractivity contribution is -0.125. The van der Waals surface area contributed by atoms with E-state index in [4.69, 9.17) is 16.3 Å². The van der Waals surface area contributed by atoms with Gasteiger partial charge in [-0.2, -0.15) is 0 Å². The molecule has 1 atom stereocenters. The van der Waals surface area contributed by atoms with Crippen LogP contribution in [0.25, 0.3) is 0 Å². The van der Waals surface area contributed by atoms with Crippen molar-refractivity contribution >= 4 is 23.4 Å². The Balaban J connectivity index is 2.42. The zero-order chi connectivity index (χ0) is 11.7. The number of ether oxygens (including phenoxy) is 1. The molecule has 1 aromatic rings.